The molecule has 2 rings (SSSR count). The molecule has 0 aliphatic heterocycles. The van der Waals surface area contributed by atoms with Crippen molar-refractivity contribution in [1.82, 2.24) is 14.9 Å². The molecule has 0 saturated carbocycles. The van der Waals surface area contributed by atoms with Gasteiger partial charge in [0.2, 0.25) is 5.91 Å². The Balaban J connectivity index is 2.00. The molecule has 2 aromatic rings. The largest absolute Gasteiger partial charge is 0.333 e. The zero-order valence-electron chi connectivity index (χ0n) is 11.8. The number of anilines is 1. The molecule has 20 heavy (non-hydrogen) atoms. The van der Waals surface area contributed by atoms with Crippen molar-refractivity contribution in [3.8, 4) is 0 Å². The molecule has 0 saturated heterocycles. The predicted octanol–water partition coefficient (Wildman–Crippen LogP) is 1.73. The lowest BCUT2D eigenvalue weighted by atomic mass is 10.1. The lowest BCUT2D eigenvalue weighted by Crippen LogP contribution is -2.28. The maximum absolute atomic E-state index is 12.0. The maximum Gasteiger partial charge on any atom is 0.228 e. The summed E-state index contributed by atoms with van der Waals surface area (Å²) in [6.07, 6.45) is 5.45. The Morgan fingerprint density at radius 1 is 1.45 bits per heavy atom. The smallest absolute Gasteiger partial charge is 0.228 e. The van der Waals surface area contributed by atoms with Crippen molar-refractivity contribution in [3.05, 3.63) is 48.5 Å². The van der Waals surface area contributed by atoms with Gasteiger partial charge in [-0.1, -0.05) is 19.1 Å². The lowest BCUT2D eigenvalue weighted by molar-refractivity contribution is -0.119. The molecule has 0 fully saturated rings. The van der Waals surface area contributed by atoms with E-state index in [1.54, 1.807) is 12.5 Å². The second-order valence-corrected chi connectivity index (χ2v) is 4.88. The SMILES string of the molecule is CNCC(C)C(=O)Nc1cccc(Cn2ccnc2)c1. The van der Waals surface area contributed by atoms with Crippen LogP contribution in [0.3, 0.4) is 0 Å². The summed E-state index contributed by atoms with van der Waals surface area (Å²) in [5.41, 5.74) is 1.96. The van der Waals surface area contributed by atoms with Gasteiger partial charge >= 0.3 is 0 Å². The Bertz CT molecular complexity index is 551. The van der Waals surface area contributed by atoms with E-state index in [1.165, 1.54) is 0 Å². The van der Waals surface area contributed by atoms with E-state index in [1.807, 2.05) is 49.0 Å². The van der Waals surface area contributed by atoms with Crippen molar-refractivity contribution in [2.75, 3.05) is 18.9 Å². The molecule has 0 bridgehead atoms. The van der Waals surface area contributed by atoms with E-state index >= 15 is 0 Å². The molecular formula is C15H20N4O. The molecule has 0 aliphatic carbocycles. The number of nitrogens with one attached hydrogen (secondary N) is 2. The van der Waals surface area contributed by atoms with Gasteiger partial charge in [-0.15, -0.1) is 0 Å². The van der Waals surface area contributed by atoms with Gasteiger partial charge in [-0.25, -0.2) is 4.98 Å². The van der Waals surface area contributed by atoms with Crippen molar-refractivity contribution in [3.63, 3.8) is 0 Å². The number of benzene rings is 1. The third-order valence-electron chi connectivity index (χ3n) is 3.08. The summed E-state index contributed by atoms with van der Waals surface area (Å²) < 4.78 is 1.99. The normalized spacial score (nSPS) is 12.1. The van der Waals surface area contributed by atoms with Gasteiger partial charge in [-0.3, -0.25) is 4.79 Å². The average Bonchev–Trinajstić information content (AvgIpc) is 2.92. The summed E-state index contributed by atoms with van der Waals surface area (Å²) in [7, 11) is 1.84. The van der Waals surface area contributed by atoms with Crippen molar-refractivity contribution >= 4 is 11.6 Å². The van der Waals surface area contributed by atoms with Gasteiger partial charge in [0.25, 0.3) is 0 Å². The van der Waals surface area contributed by atoms with Gasteiger partial charge in [-0.05, 0) is 24.7 Å². The van der Waals surface area contributed by atoms with Crippen molar-refractivity contribution in [1.29, 1.82) is 0 Å². The number of nitrogens with zero attached hydrogens (tertiary/aromatic N) is 2. The summed E-state index contributed by atoms with van der Waals surface area (Å²) in [6.45, 7) is 3.32. The summed E-state index contributed by atoms with van der Waals surface area (Å²) in [4.78, 5) is 16.0. The van der Waals surface area contributed by atoms with Crippen LogP contribution >= 0.6 is 0 Å². The minimum absolute atomic E-state index is 0.0270. The number of imidazole rings is 1. The molecule has 1 aromatic carbocycles. The Kier molecular flexibility index (Phi) is 4.90. The van der Waals surface area contributed by atoms with Gasteiger partial charge in [0.1, 0.15) is 0 Å². The zero-order valence-corrected chi connectivity index (χ0v) is 11.8. The quantitative estimate of drug-likeness (QED) is 0.842. The van der Waals surface area contributed by atoms with Gasteiger partial charge in [-0.2, -0.15) is 0 Å². The fourth-order valence-corrected chi connectivity index (χ4v) is 2.00. The van der Waals surface area contributed by atoms with Crippen LogP contribution in [0.2, 0.25) is 0 Å². The maximum atomic E-state index is 12.0. The number of aromatic nitrogens is 2. The number of carbonyl (C=O) groups is 1. The van der Waals surface area contributed by atoms with E-state index in [9.17, 15) is 4.79 Å². The van der Waals surface area contributed by atoms with Crippen molar-refractivity contribution < 1.29 is 4.79 Å². The average molecular weight is 272 g/mol. The first-order chi connectivity index (χ1) is 9.69. The third-order valence-corrected chi connectivity index (χ3v) is 3.08. The van der Waals surface area contributed by atoms with Gasteiger partial charge in [0, 0.05) is 37.1 Å². The summed E-state index contributed by atoms with van der Waals surface area (Å²) in [5, 5.41) is 5.95. The monoisotopic (exact) mass is 272 g/mol. The highest BCUT2D eigenvalue weighted by atomic mass is 16.1. The first kappa shape index (κ1) is 14.3. The third kappa shape index (κ3) is 3.93. The Morgan fingerprint density at radius 3 is 3.00 bits per heavy atom. The summed E-state index contributed by atoms with van der Waals surface area (Å²) in [5.74, 6) is -0.0311. The molecule has 5 nitrogen and oxygen atoms in total. The van der Waals surface area contributed by atoms with Gasteiger partial charge in [0.05, 0.1) is 6.33 Å². The fraction of sp³-hybridized carbons (Fsp3) is 0.333. The first-order valence-corrected chi connectivity index (χ1v) is 6.69. The van der Waals surface area contributed by atoms with Crippen LogP contribution in [-0.2, 0) is 11.3 Å². The molecule has 0 aliphatic rings. The van der Waals surface area contributed by atoms with Crippen molar-refractivity contribution in [2.24, 2.45) is 5.92 Å². The number of hydrogen-bond acceptors (Lipinski definition) is 3. The van der Waals surface area contributed by atoms with Gasteiger partial charge in [0.15, 0.2) is 0 Å². The second kappa shape index (κ2) is 6.86. The molecule has 1 aromatic heterocycles. The van der Waals surface area contributed by atoms with Crippen LogP contribution in [0.15, 0.2) is 43.0 Å². The van der Waals surface area contributed by atoms with Crippen LogP contribution in [0.5, 0.6) is 0 Å². The molecule has 1 heterocycles. The van der Waals surface area contributed by atoms with E-state index in [0.717, 1.165) is 17.8 Å². The topological polar surface area (TPSA) is 59.0 Å². The van der Waals surface area contributed by atoms with Gasteiger partial charge < -0.3 is 15.2 Å². The molecule has 5 heteroatoms. The Hall–Kier alpha value is -2.14. The van der Waals surface area contributed by atoms with Crippen LogP contribution < -0.4 is 10.6 Å². The minimum atomic E-state index is -0.0581. The van der Waals surface area contributed by atoms with Crippen LogP contribution in [-0.4, -0.2) is 29.1 Å². The van der Waals surface area contributed by atoms with Crippen LogP contribution in [0, 0.1) is 5.92 Å². The Labute approximate surface area is 119 Å². The highest BCUT2D eigenvalue weighted by Gasteiger charge is 2.11. The number of hydrogen-bond donors (Lipinski definition) is 2. The molecule has 2 N–H and O–H groups in total. The van der Waals surface area contributed by atoms with E-state index in [0.29, 0.717) is 6.54 Å². The molecule has 0 radical (unpaired) electrons. The zero-order chi connectivity index (χ0) is 14.4. The minimum Gasteiger partial charge on any atom is -0.333 e. The fourth-order valence-electron chi connectivity index (χ4n) is 2.00. The molecule has 1 unspecified atom stereocenters. The summed E-state index contributed by atoms with van der Waals surface area (Å²) >= 11 is 0. The van der Waals surface area contributed by atoms with E-state index in [-0.39, 0.29) is 11.8 Å². The highest BCUT2D eigenvalue weighted by Crippen LogP contribution is 2.13. The van der Waals surface area contributed by atoms with E-state index < -0.39 is 0 Å². The first-order valence-electron chi connectivity index (χ1n) is 6.69. The number of carbonyl (C=O) groups excluding carboxylic acids is 1. The highest BCUT2D eigenvalue weighted by molar-refractivity contribution is 5.92. The van der Waals surface area contributed by atoms with Crippen LogP contribution in [0.25, 0.3) is 0 Å². The van der Waals surface area contributed by atoms with Crippen LogP contribution in [0.4, 0.5) is 5.69 Å². The lowest BCUT2D eigenvalue weighted by Gasteiger charge is -2.12. The predicted molar refractivity (Wildman–Crippen MR) is 79.5 cm³/mol. The van der Waals surface area contributed by atoms with Crippen LogP contribution in [0.1, 0.15) is 12.5 Å². The molecule has 0 spiro atoms. The standard InChI is InChI=1S/C15H20N4O/c1-12(9-16-2)15(20)18-14-5-3-4-13(8-14)10-19-7-6-17-11-19/h3-8,11-12,16H,9-10H2,1-2H3,(H,18,20). The van der Waals surface area contributed by atoms with Crippen molar-refractivity contribution in [2.45, 2.75) is 13.5 Å². The van der Waals surface area contributed by atoms with E-state index in [4.69, 9.17) is 0 Å². The number of amides is 1. The molecule has 1 amide bonds. The molecular weight excluding hydrogens is 252 g/mol. The Morgan fingerprint density at radius 2 is 2.30 bits per heavy atom. The number of rotatable bonds is 6. The molecule has 106 valence electrons. The molecule has 1 atom stereocenters. The van der Waals surface area contributed by atoms with E-state index in [2.05, 4.69) is 15.6 Å². The second-order valence-electron chi connectivity index (χ2n) is 4.88. The summed E-state index contributed by atoms with van der Waals surface area (Å²) in [6, 6.07) is 7.88.